The molecule has 18 heavy (non-hydrogen) atoms. The van der Waals surface area contributed by atoms with Crippen molar-refractivity contribution in [3.05, 3.63) is 0 Å². The first-order chi connectivity index (χ1) is 8.25. The first-order valence-electron chi connectivity index (χ1n) is 7.22. The molecule has 0 atom stereocenters. The molecule has 4 heteroatoms. The van der Waals surface area contributed by atoms with Gasteiger partial charge in [0.2, 0.25) is 5.91 Å². The Kier molecular flexibility index (Phi) is 4.54. The molecular formula is C14H25ClN2O. The highest BCUT2D eigenvalue weighted by Crippen LogP contribution is 2.46. The number of hydrogen-bond donors (Lipinski definition) is 1. The van der Waals surface area contributed by atoms with Crippen molar-refractivity contribution in [2.45, 2.75) is 44.6 Å². The van der Waals surface area contributed by atoms with Crippen LogP contribution in [0.5, 0.6) is 0 Å². The van der Waals surface area contributed by atoms with Crippen molar-refractivity contribution in [2.24, 2.45) is 17.8 Å². The quantitative estimate of drug-likeness (QED) is 0.769. The largest absolute Gasteiger partial charge is 0.341 e. The summed E-state index contributed by atoms with van der Waals surface area (Å²) in [6.45, 7) is 1.58. The molecule has 3 nitrogen and oxygen atoms in total. The van der Waals surface area contributed by atoms with Crippen LogP contribution >= 0.6 is 12.4 Å². The van der Waals surface area contributed by atoms with Crippen molar-refractivity contribution in [2.75, 3.05) is 20.1 Å². The predicted octanol–water partition coefficient (Wildman–Crippen LogP) is 2.05. The number of likely N-dealkylation sites (N-methyl/N-ethyl adjacent to an activating group) is 1. The number of carbonyl (C=O) groups excluding carboxylic acids is 1. The number of amides is 1. The van der Waals surface area contributed by atoms with Gasteiger partial charge in [-0.05, 0) is 62.8 Å². The van der Waals surface area contributed by atoms with E-state index in [4.69, 9.17) is 0 Å². The van der Waals surface area contributed by atoms with E-state index in [1.165, 1.54) is 38.5 Å². The SMILES string of the molecule is CN(C(=O)CNCC1CC1)C(C1CC1)C1CC1.Cl. The molecule has 1 amide bonds. The molecule has 0 bridgehead atoms. The van der Waals surface area contributed by atoms with Gasteiger partial charge in [-0.25, -0.2) is 0 Å². The van der Waals surface area contributed by atoms with Gasteiger partial charge >= 0.3 is 0 Å². The lowest BCUT2D eigenvalue weighted by atomic mass is 10.1. The van der Waals surface area contributed by atoms with Crippen LogP contribution in [0.15, 0.2) is 0 Å². The molecule has 3 aliphatic rings. The Morgan fingerprint density at radius 3 is 2.17 bits per heavy atom. The minimum Gasteiger partial charge on any atom is -0.341 e. The summed E-state index contributed by atoms with van der Waals surface area (Å²) in [5, 5.41) is 3.31. The van der Waals surface area contributed by atoms with Crippen LogP contribution in [0.25, 0.3) is 0 Å². The molecule has 1 N–H and O–H groups in total. The molecule has 0 heterocycles. The van der Waals surface area contributed by atoms with Gasteiger partial charge in [0.1, 0.15) is 0 Å². The van der Waals surface area contributed by atoms with Crippen molar-refractivity contribution >= 4 is 18.3 Å². The first-order valence-corrected chi connectivity index (χ1v) is 7.22. The van der Waals surface area contributed by atoms with Crippen LogP contribution in [-0.2, 0) is 4.79 Å². The van der Waals surface area contributed by atoms with Gasteiger partial charge in [-0.3, -0.25) is 4.79 Å². The molecule has 3 rings (SSSR count). The number of hydrogen-bond acceptors (Lipinski definition) is 2. The van der Waals surface area contributed by atoms with E-state index in [-0.39, 0.29) is 12.4 Å². The molecule has 0 aliphatic heterocycles. The molecule has 0 radical (unpaired) electrons. The number of carbonyl (C=O) groups is 1. The fourth-order valence-electron chi connectivity index (χ4n) is 2.89. The molecule has 3 saturated carbocycles. The van der Waals surface area contributed by atoms with E-state index in [0.29, 0.717) is 18.5 Å². The van der Waals surface area contributed by atoms with Gasteiger partial charge in [-0.1, -0.05) is 0 Å². The predicted molar refractivity (Wildman–Crippen MR) is 74.8 cm³/mol. The Morgan fingerprint density at radius 1 is 1.17 bits per heavy atom. The Labute approximate surface area is 116 Å². The fourth-order valence-corrected chi connectivity index (χ4v) is 2.89. The zero-order valence-corrected chi connectivity index (χ0v) is 12.0. The summed E-state index contributed by atoms with van der Waals surface area (Å²) in [6.07, 6.45) is 8.07. The van der Waals surface area contributed by atoms with Crippen LogP contribution in [0.3, 0.4) is 0 Å². The van der Waals surface area contributed by atoms with E-state index >= 15 is 0 Å². The maximum absolute atomic E-state index is 12.1. The van der Waals surface area contributed by atoms with E-state index in [9.17, 15) is 4.79 Å². The third-order valence-corrected chi connectivity index (χ3v) is 4.46. The Bertz CT molecular complexity index is 286. The minimum absolute atomic E-state index is 0. The molecule has 0 aromatic rings. The summed E-state index contributed by atoms with van der Waals surface area (Å²) in [7, 11) is 2.02. The van der Waals surface area contributed by atoms with E-state index in [2.05, 4.69) is 10.2 Å². The van der Waals surface area contributed by atoms with E-state index in [1.54, 1.807) is 0 Å². The summed E-state index contributed by atoms with van der Waals surface area (Å²) in [5.41, 5.74) is 0. The Hall–Kier alpha value is -0.280. The standard InChI is InChI=1S/C14H24N2O.ClH/c1-16(13(17)9-15-8-10-2-3-10)14(11-4-5-11)12-6-7-12;/h10-12,14-15H,2-9H2,1H3;1H. The van der Waals surface area contributed by atoms with E-state index in [1.807, 2.05) is 7.05 Å². The van der Waals surface area contributed by atoms with Crippen LogP contribution in [0.2, 0.25) is 0 Å². The third-order valence-electron chi connectivity index (χ3n) is 4.46. The number of nitrogens with one attached hydrogen (secondary N) is 1. The number of rotatable bonds is 7. The normalized spacial score (nSPS) is 22.8. The molecule has 104 valence electrons. The lowest BCUT2D eigenvalue weighted by Gasteiger charge is -2.28. The molecule has 3 aliphatic carbocycles. The molecule has 0 spiro atoms. The van der Waals surface area contributed by atoms with Gasteiger partial charge in [-0.2, -0.15) is 0 Å². The topological polar surface area (TPSA) is 32.3 Å². The van der Waals surface area contributed by atoms with E-state index < -0.39 is 0 Å². The Balaban J connectivity index is 0.00000120. The maximum atomic E-state index is 12.1. The van der Waals surface area contributed by atoms with Gasteiger partial charge in [0.15, 0.2) is 0 Å². The highest BCUT2D eigenvalue weighted by atomic mass is 35.5. The van der Waals surface area contributed by atoms with Crippen LogP contribution in [0.4, 0.5) is 0 Å². The van der Waals surface area contributed by atoms with Gasteiger partial charge in [0.25, 0.3) is 0 Å². The zero-order valence-electron chi connectivity index (χ0n) is 11.2. The van der Waals surface area contributed by atoms with Crippen LogP contribution in [-0.4, -0.2) is 37.0 Å². The second kappa shape index (κ2) is 5.79. The lowest BCUT2D eigenvalue weighted by Crippen LogP contribution is -2.44. The summed E-state index contributed by atoms with van der Waals surface area (Å²) >= 11 is 0. The van der Waals surface area contributed by atoms with E-state index in [0.717, 1.165) is 24.3 Å². The number of nitrogens with zero attached hydrogens (tertiary/aromatic N) is 1. The van der Waals surface area contributed by atoms with Crippen molar-refractivity contribution in [3.8, 4) is 0 Å². The zero-order chi connectivity index (χ0) is 11.8. The van der Waals surface area contributed by atoms with Gasteiger partial charge in [0, 0.05) is 13.1 Å². The molecule has 3 fully saturated rings. The van der Waals surface area contributed by atoms with Crippen LogP contribution < -0.4 is 5.32 Å². The average molecular weight is 273 g/mol. The summed E-state index contributed by atoms with van der Waals surface area (Å²) in [6, 6.07) is 0.560. The highest BCUT2D eigenvalue weighted by molar-refractivity contribution is 5.85. The lowest BCUT2D eigenvalue weighted by molar-refractivity contribution is -0.131. The fraction of sp³-hybridized carbons (Fsp3) is 0.929. The summed E-state index contributed by atoms with van der Waals surface area (Å²) < 4.78 is 0. The average Bonchev–Trinajstić information content (AvgIpc) is 3.14. The summed E-state index contributed by atoms with van der Waals surface area (Å²) in [4.78, 5) is 14.2. The molecule has 0 saturated heterocycles. The van der Waals surface area contributed by atoms with Crippen molar-refractivity contribution < 1.29 is 4.79 Å². The summed E-state index contributed by atoms with van der Waals surface area (Å²) in [5.74, 6) is 2.80. The van der Waals surface area contributed by atoms with Crippen molar-refractivity contribution in [1.82, 2.24) is 10.2 Å². The Morgan fingerprint density at radius 2 is 1.72 bits per heavy atom. The molecule has 0 unspecified atom stereocenters. The van der Waals surface area contributed by atoms with Gasteiger partial charge in [-0.15, -0.1) is 12.4 Å². The smallest absolute Gasteiger partial charge is 0.236 e. The third kappa shape index (κ3) is 3.61. The molecule has 0 aromatic heterocycles. The van der Waals surface area contributed by atoms with Gasteiger partial charge in [0.05, 0.1) is 6.54 Å². The van der Waals surface area contributed by atoms with Gasteiger partial charge < -0.3 is 10.2 Å². The second-order valence-electron chi connectivity index (χ2n) is 6.24. The molecule has 0 aromatic carbocycles. The monoisotopic (exact) mass is 272 g/mol. The van der Waals surface area contributed by atoms with Crippen LogP contribution in [0, 0.1) is 17.8 Å². The highest BCUT2D eigenvalue weighted by Gasteiger charge is 2.44. The molecular weight excluding hydrogens is 248 g/mol. The second-order valence-corrected chi connectivity index (χ2v) is 6.24. The first kappa shape index (κ1) is 14.1. The van der Waals surface area contributed by atoms with Crippen LogP contribution in [0.1, 0.15) is 38.5 Å². The van der Waals surface area contributed by atoms with Crippen molar-refractivity contribution in [1.29, 1.82) is 0 Å². The minimum atomic E-state index is 0. The maximum Gasteiger partial charge on any atom is 0.236 e. The van der Waals surface area contributed by atoms with Crippen molar-refractivity contribution in [3.63, 3.8) is 0 Å². The number of halogens is 1.